The first kappa shape index (κ1) is 26.1. The van der Waals surface area contributed by atoms with Gasteiger partial charge in [0.25, 0.3) is 0 Å². The summed E-state index contributed by atoms with van der Waals surface area (Å²) >= 11 is 6.02. The van der Waals surface area contributed by atoms with Gasteiger partial charge in [-0.2, -0.15) is 0 Å². The molecule has 206 valence electrons. The van der Waals surface area contributed by atoms with Gasteiger partial charge in [0.2, 0.25) is 0 Å². The quantitative estimate of drug-likeness (QED) is 0.210. The summed E-state index contributed by atoms with van der Waals surface area (Å²) in [7, 11) is 0. The molecule has 42 heavy (non-hydrogen) atoms. The number of hydrogen-bond acceptors (Lipinski definition) is 4. The Labute approximate surface area is 248 Å². The van der Waals surface area contributed by atoms with Crippen LogP contribution in [0.4, 0.5) is 0 Å². The van der Waals surface area contributed by atoms with Crippen LogP contribution in [0, 0.1) is 0 Å². The summed E-state index contributed by atoms with van der Waals surface area (Å²) in [6.07, 6.45) is 1.53. The average molecular weight is 571 g/mol. The molecular weight excluding hydrogens is 544 g/mol. The molecule has 0 saturated carbocycles. The Hall–Kier alpha value is -4.80. The van der Waals surface area contributed by atoms with Crippen molar-refractivity contribution < 1.29 is 14.3 Å². The van der Waals surface area contributed by atoms with Gasteiger partial charge in [-0.3, -0.25) is 0 Å². The standard InChI is InChI=1S/C37H27ClO4/c38-28-15-9-23(10-16-28)24-11-17-29(18-12-24)41-30-19-13-25(14-20-30)27-21-26-5-1-2-6-31(26)33(22-27)35-36(39)32-7-3-4-8-34(32)42-37(35)40/h1-20,27,33,39H,21-22H2. The van der Waals surface area contributed by atoms with Crippen molar-refractivity contribution in [2.24, 2.45) is 0 Å². The van der Waals surface area contributed by atoms with Crippen LogP contribution < -0.4 is 10.4 Å². The van der Waals surface area contributed by atoms with Crippen molar-refractivity contribution in [1.29, 1.82) is 0 Å². The van der Waals surface area contributed by atoms with Crippen molar-refractivity contribution >= 4 is 22.6 Å². The lowest BCUT2D eigenvalue weighted by atomic mass is 9.72. The molecule has 7 rings (SSSR count). The van der Waals surface area contributed by atoms with Crippen LogP contribution in [0.5, 0.6) is 17.2 Å². The number of fused-ring (bicyclic) bond motifs is 2. The van der Waals surface area contributed by atoms with Gasteiger partial charge in [-0.1, -0.05) is 84.4 Å². The van der Waals surface area contributed by atoms with Gasteiger partial charge in [0, 0.05) is 10.9 Å². The number of ether oxygens (including phenoxy) is 1. The summed E-state index contributed by atoms with van der Waals surface area (Å²) in [5.41, 5.74) is 5.81. The topological polar surface area (TPSA) is 59.7 Å². The van der Waals surface area contributed by atoms with E-state index < -0.39 is 5.63 Å². The van der Waals surface area contributed by atoms with Crippen molar-refractivity contribution in [2.45, 2.75) is 24.7 Å². The zero-order chi connectivity index (χ0) is 28.6. The Bertz CT molecular complexity index is 1940. The van der Waals surface area contributed by atoms with Crippen molar-refractivity contribution in [3.63, 3.8) is 0 Å². The molecule has 1 heterocycles. The molecule has 1 aliphatic rings. The minimum atomic E-state index is -0.488. The van der Waals surface area contributed by atoms with Crippen molar-refractivity contribution in [3.8, 4) is 28.4 Å². The lowest BCUT2D eigenvalue weighted by Gasteiger charge is -2.32. The summed E-state index contributed by atoms with van der Waals surface area (Å²) in [6, 6.07) is 39.2. The third-order valence-corrected chi connectivity index (χ3v) is 8.46. The highest BCUT2D eigenvalue weighted by atomic mass is 35.5. The van der Waals surface area contributed by atoms with Gasteiger partial charge in [-0.15, -0.1) is 0 Å². The Morgan fingerprint density at radius 2 is 1.36 bits per heavy atom. The van der Waals surface area contributed by atoms with E-state index in [1.807, 2.05) is 78.9 Å². The van der Waals surface area contributed by atoms with Crippen LogP contribution in [0.2, 0.25) is 5.02 Å². The number of aromatic hydroxyl groups is 1. The molecule has 2 unspecified atom stereocenters. The molecule has 1 N–H and O–H groups in total. The second-order valence-corrected chi connectivity index (χ2v) is 11.2. The first-order chi connectivity index (χ1) is 20.5. The van der Waals surface area contributed by atoms with Crippen molar-refractivity contribution in [2.75, 3.05) is 0 Å². The summed E-state index contributed by atoms with van der Waals surface area (Å²) in [6.45, 7) is 0. The number of rotatable bonds is 5. The molecule has 1 aliphatic carbocycles. The Morgan fingerprint density at radius 1 is 0.738 bits per heavy atom. The van der Waals surface area contributed by atoms with E-state index in [0.29, 0.717) is 28.0 Å². The molecule has 2 atom stereocenters. The highest BCUT2D eigenvalue weighted by Gasteiger charge is 2.33. The van der Waals surface area contributed by atoms with Gasteiger partial charge in [0.1, 0.15) is 22.8 Å². The van der Waals surface area contributed by atoms with Gasteiger partial charge in [0.05, 0.1) is 10.9 Å². The number of halogens is 1. The predicted molar refractivity (Wildman–Crippen MR) is 167 cm³/mol. The summed E-state index contributed by atoms with van der Waals surface area (Å²) in [5.74, 6) is 1.39. The molecule has 4 nitrogen and oxygen atoms in total. The van der Waals surface area contributed by atoms with Gasteiger partial charge in [-0.25, -0.2) is 4.79 Å². The largest absolute Gasteiger partial charge is 0.507 e. The van der Waals surface area contributed by atoms with Crippen LogP contribution in [0.1, 0.15) is 40.5 Å². The van der Waals surface area contributed by atoms with E-state index in [0.717, 1.165) is 40.2 Å². The van der Waals surface area contributed by atoms with Crippen LogP contribution in [0.15, 0.2) is 131 Å². The predicted octanol–water partition coefficient (Wildman–Crippen LogP) is 9.47. The van der Waals surface area contributed by atoms with Crippen LogP contribution in [-0.4, -0.2) is 5.11 Å². The van der Waals surface area contributed by atoms with Gasteiger partial charge < -0.3 is 14.3 Å². The van der Waals surface area contributed by atoms with Crippen molar-refractivity contribution in [3.05, 3.63) is 159 Å². The SMILES string of the molecule is O=c1oc2ccccc2c(O)c1C1CC(c2ccc(Oc3ccc(-c4ccc(Cl)cc4)cc3)cc2)Cc2ccccc21. The van der Waals surface area contributed by atoms with Gasteiger partial charge >= 0.3 is 5.63 Å². The van der Waals surface area contributed by atoms with E-state index in [-0.39, 0.29) is 17.6 Å². The highest BCUT2D eigenvalue weighted by Crippen LogP contribution is 2.46. The number of benzene rings is 5. The summed E-state index contributed by atoms with van der Waals surface area (Å²) < 4.78 is 11.8. The molecule has 0 radical (unpaired) electrons. The van der Waals surface area contributed by atoms with E-state index in [9.17, 15) is 9.90 Å². The third kappa shape index (κ3) is 4.95. The maximum absolute atomic E-state index is 13.2. The minimum absolute atomic E-state index is 0.00753. The number of hydrogen-bond donors (Lipinski definition) is 1. The minimum Gasteiger partial charge on any atom is -0.507 e. The highest BCUT2D eigenvalue weighted by molar-refractivity contribution is 6.30. The molecule has 0 bridgehead atoms. The lowest BCUT2D eigenvalue weighted by Crippen LogP contribution is -2.23. The second kappa shape index (κ2) is 10.9. The monoisotopic (exact) mass is 570 g/mol. The molecule has 0 amide bonds. The summed E-state index contributed by atoms with van der Waals surface area (Å²) in [4.78, 5) is 13.2. The first-order valence-electron chi connectivity index (χ1n) is 14.0. The fourth-order valence-electron chi connectivity index (χ4n) is 6.10. The maximum atomic E-state index is 13.2. The van der Waals surface area contributed by atoms with E-state index in [1.165, 1.54) is 5.56 Å². The van der Waals surface area contributed by atoms with E-state index >= 15 is 0 Å². The smallest absolute Gasteiger partial charge is 0.343 e. The molecule has 0 saturated heterocycles. The molecule has 0 spiro atoms. The lowest BCUT2D eigenvalue weighted by molar-refractivity contribution is 0.437. The second-order valence-electron chi connectivity index (χ2n) is 10.7. The fourth-order valence-corrected chi connectivity index (χ4v) is 6.23. The number of para-hydroxylation sites is 1. The molecular formula is C37H27ClO4. The Balaban J connectivity index is 1.14. The molecule has 5 aromatic carbocycles. The van der Waals surface area contributed by atoms with Crippen LogP contribution in [0.25, 0.3) is 22.1 Å². The first-order valence-corrected chi connectivity index (χ1v) is 14.4. The van der Waals surface area contributed by atoms with E-state index in [1.54, 1.807) is 18.2 Å². The van der Waals surface area contributed by atoms with Crippen LogP contribution >= 0.6 is 11.6 Å². The zero-order valence-electron chi connectivity index (χ0n) is 22.7. The summed E-state index contributed by atoms with van der Waals surface area (Å²) in [5, 5.41) is 12.5. The molecule has 6 aromatic rings. The fraction of sp³-hybridized carbons (Fsp3) is 0.108. The van der Waals surface area contributed by atoms with E-state index in [4.69, 9.17) is 20.8 Å². The van der Waals surface area contributed by atoms with Gasteiger partial charge in [0.15, 0.2) is 0 Å². The van der Waals surface area contributed by atoms with Gasteiger partial charge in [-0.05, 0) is 95.1 Å². The Kier molecular flexibility index (Phi) is 6.77. The molecule has 1 aromatic heterocycles. The third-order valence-electron chi connectivity index (χ3n) is 8.20. The maximum Gasteiger partial charge on any atom is 0.343 e. The Morgan fingerprint density at radius 3 is 2.10 bits per heavy atom. The molecule has 5 heteroatoms. The van der Waals surface area contributed by atoms with Crippen LogP contribution in [0.3, 0.4) is 0 Å². The normalized spacial score (nSPS) is 16.2. The zero-order valence-corrected chi connectivity index (χ0v) is 23.4. The molecule has 0 aliphatic heterocycles. The van der Waals surface area contributed by atoms with E-state index in [2.05, 4.69) is 24.3 Å². The average Bonchev–Trinajstić information content (AvgIpc) is 3.02. The molecule has 0 fully saturated rings. The van der Waals surface area contributed by atoms with Crippen molar-refractivity contribution in [1.82, 2.24) is 0 Å². The van der Waals surface area contributed by atoms with Crippen LogP contribution in [-0.2, 0) is 6.42 Å².